The molecule has 1 amide bonds. The highest BCUT2D eigenvalue weighted by Gasteiger charge is 2.18. The molecule has 3 rings (SSSR count). The van der Waals surface area contributed by atoms with Crippen LogP contribution in [0, 0.1) is 5.92 Å². The second-order valence-corrected chi connectivity index (χ2v) is 8.70. The van der Waals surface area contributed by atoms with E-state index in [2.05, 4.69) is 29.0 Å². The van der Waals surface area contributed by atoms with E-state index in [1.54, 1.807) is 0 Å². The van der Waals surface area contributed by atoms with E-state index in [-0.39, 0.29) is 11.9 Å². The Balaban J connectivity index is 1.80. The quantitative estimate of drug-likeness (QED) is 0.474. The predicted octanol–water partition coefficient (Wildman–Crippen LogP) is 5.58. The van der Waals surface area contributed by atoms with Crippen LogP contribution in [0.5, 0.6) is 0 Å². The van der Waals surface area contributed by atoms with Crippen LogP contribution in [0.1, 0.15) is 51.5 Å². The van der Waals surface area contributed by atoms with Crippen molar-refractivity contribution in [3.05, 3.63) is 64.9 Å². The van der Waals surface area contributed by atoms with Gasteiger partial charge in [-0.3, -0.25) is 4.79 Å². The maximum atomic E-state index is 12.7. The summed E-state index contributed by atoms with van der Waals surface area (Å²) in [6.07, 6.45) is 1.13. The van der Waals surface area contributed by atoms with Crippen molar-refractivity contribution in [2.45, 2.75) is 46.6 Å². The molecule has 2 aromatic carbocycles. The summed E-state index contributed by atoms with van der Waals surface area (Å²) < 4.78 is 0. The summed E-state index contributed by atoms with van der Waals surface area (Å²) in [4.78, 5) is 24.4. The highest BCUT2D eigenvalue weighted by Crippen LogP contribution is 2.27. The zero-order chi connectivity index (χ0) is 22.4. The number of hydrogen-bond acceptors (Lipinski definition) is 4. The van der Waals surface area contributed by atoms with Gasteiger partial charge in [-0.2, -0.15) is 0 Å². The first-order valence-electron chi connectivity index (χ1n) is 10.9. The van der Waals surface area contributed by atoms with Crippen LogP contribution in [0.2, 0.25) is 5.02 Å². The second-order valence-electron chi connectivity index (χ2n) is 8.27. The molecule has 0 spiro atoms. The first kappa shape index (κ1) is 23.0. The van der Waals surface area contributed by atoms with E-state index in [9.17, 15) is 4.79 Å². The third-order valence-electron chi connectivity index (χ3n) is 5.17. The Kier molecular flexibility index (Phi) is 7.85. The van der Waals surface area contributed by atoms with Gasteiger partial charge in [0.25, 0.3) is 0 Å². The van der Waals surface area contributed by atoms with Gasteiger partial charge in [0.15, 0.2) is 0 Å². The van der Waals surface area contributed by atoms with Gasteiger partial charge in [0.1, 0.15) is 11.6 Å². The van der Waals surface area contributed by atoms with Gasteiger partial charge in [-0.1, -0.05) is 62.7 Å². The molecule has 0 bridgehead atoms. The normalized spacial score (nSPS) is 12.2. The minimum atomic E-state index is -0.0269. The summed E-state index contributed by atoms with van der Waals surface area (Å²) >= 11 is 6.21. The molecule has 3 aromatic rings. The van der Waals surface area contributed by atoms with E-state index in [0.29, 0.717) is 23.9 Å². The topological polar surface area (TPSA) is 58.1 Å². The standard InChI is InChI=1S/C25H31ClN4O/c1-5-23-28-22-15-20(26)11-12-21(22)25(29-23)30(16-17(2)3)14-13-24(31)27-18(4)19-9-7-6-8-10-19/h6-12,15,17-18H,5,13-14,16H2,1-4H3,(H,27,31)/t18-/m0/s1. The summed E-state index contributed by atoms with van der Waals surface area (Å²) in [7, 11) is 0. The summed E-state index contributed by atoms with van der Waals surface area (Å²) in [6.45, 7) is 9.79. The molecule has 0 aliphatic heterocycles. The molecular formula is C25H31ClN4O. The van der Waals surface area contributed by atoms with Crippen molar-refractivity contribution < 1.29 is 4.79 Å². The van der Waals surface area contributed by atoms with E-state index in [1.165, 1.54) is 0 Å². The highest BCUT2D eigenvalue weighted by atomic mass is 35.5. The number of anilines is 1. The number of hydrogen-bond donors (Lipinski definition) is 1. The van der Waals surface area contributed by atoms with Crippen LogP contribution in [0.25, 0.3) is 10.9 Å². The van der Waals surface area contributed by atoms with Crippen molar-refractivity contribution in [3.63, 3.8) is 0 Å². The number of carbonyl (C=O) groups excluding carboxylic acids is 1. The van der Waals surface area contributed by atoms with Crippen molar-refractivity contribution >= 4 is 34.2 Å². The molecule has 31 heavy (non-hydrogen) atoms. The molecule has 0 saturated heterocycles. The summed E-state index contributed by atoms with van der Waals surface area (Å²) in [5.41, 5.74) is 1.94. The maximum Gasteiger partial charge on any atom is 0.222 e. The first-order valence-corrected chi connectivity index (χ1v) is 11.3. The molecule has 1 heterocycles. The number of rotatable bonds is 9. The molecule has 0 unspecified atom stereocenters. The van der Waals surface area contributed by atoms with Crippen molar-refractivity contribution in [3.8, 4) is 0 Å². The number of nitrogens with one attached hydrogen (secondary N) is 1. The van der Waals surface area contributed by atoms with Gasteiger partial charge in [-0.15, -0.1) is 0 Å². The van der Waals surface area contributed by atoms with Gasteiger partial charge < -0.3 is 10.2 Å². The molecule has 1 atom stereocenters. The zero-order valence-corrected chi connectivity index (χ0v) is 19.5. The Morgan fingerprint density at radius 2 is 1.84 bits per heavy atom. The fourth-order valence-electron chi connectivity index (χ4n) is 3.63. The number of halogens is 1. The van der Waals surface area contributed by atoms with Gasteiger partial charge in [0.2, 0.25) is 5.91 Å². The number of nitrogens with zero attached hydrogens (tertiary/aromatic N) is 3. The molecule has 0 aliphatic carbocycles. The van der Waals surface area contributed by atoms with Crippen LogP contribution >= 0.6 is 11.6 Å². The van der Waals surface area contributed by atoms with E-state index < -0.39 is 0 Å². The minimum absolute atomic E-state index is 0.0269. The van der Waals surface area contributed by atoms with Gasteiger partial charge in [0, 0.05) is 36.3 Å². The molecule has 0 aliphatic rings. The Bertz CT molecular complexity index is 1020. The second kappa shape index (κ2) is 10.6. The minimum Gasteiger partial charge on any atom is -0.355 e. The van der Waals surface area contributed by atoms with E-state index in [0.717, 1.165) is 41.1 Å². The van der Waals surface area contributed by atoms with Gasteiger partial charge >= 0.3 is 0 Å². The van der Waals surface area contributed by atoms with Crippen LogP contribution in [0.4, 0.5) is 5.82 Å². The third kappa shape index (κ3) is 6.17. The van der Waals surface area contributed by atoms with Gasteiger partial charge in [-0.05, 0) is 36.6 Å². The number of aryl methyl sites for hydroxylation is 1. The van der Waals surface area contributed by atoms with Crippen molar-refractivity contribution in [1.29, 1.82) is 0 Å². The number of aromatic nitrogens is 2. The summed E-state index contributed by atoms with van der Waals surface area (Å²) in [5.74, 6) is 2.10. The highest BCUT2D eigenvalue weighted by molar-refractivity contribution is 6.31. The first-order chi connectivity index (χ1) is 14.9. The fraction of sp³-hybridized carbons (Fsp3) is 0.400. The molecule has 164 valence electrons. The Labute approximate surface area is 189 Å². The van der Waals surface area contributed by atoms with Crippen LogP contribution in [0.15, 0.2) is 48.5 Å². The van der Waals surface area contributed by atoms with Crippen LogP contribution in [-0.4, -0.2) is 29.0 Å². The lowest BCUT2D eigenvalue weighted by molar-refractivity contribution is -0.121. The predicted molar refractivity (Wildman–Crippen MR) is 129 cm³/mol. The van der Waals surface area contributed by atoms with Crippen LogP contribution in [-0.2, 0) is 11.2 Å². The molecule has 6 heteroatoms. The monoisotopic (exact) mass is 438 g/mol. The average molecular weight is 439 g/mol. The lowest BCUT2D eigenvalue weighted by Gasteiger charge is -2.27. The fourth-order valence-corrected chi connectivity index (χ4v) is 3.80. The Hall–Kier alpha value is -2.66. The summed E-state index contributed by atoms with van der Waals surface area (Å²) in [5, 5.41) is 4.72. The van der Waals surface area contributed by atoms with Gasteiger partial charge in [0.05, 0.1) is 11.6 Å². The molecule has 5 nitrogen and oxygen atoms in total. The van der Waals surface area contributed by atoms with Crippen LogP contribution in [0.3, 0.4) is 0 Å². The maximum absolute atomic E-state index is 12.7. The van der Waals surface area contributed by atoms with Gasteiger partial charge in [-0.25, -0.2) is 9.97 Å². The number of fused-ring (bicyclic) bond motifs is 1. The number of carbonyl (C=O) groups is 1. The van der Waals surface area contributed by atoms with E-state index in [1.807, 2.05) is 62.4 Å². The smallest absolute Gasteiger partial charge is 0.222 e. The molecule has 0 saturated carbocycles. The molecule has 0 radical (unpaired) electrons. The average Bonchev–Trinajstić information content (AvgIpc) is 2.75. The Morgan fingerprint density at radius 1 is 1.10 bits per heavy atom. The van der Waals surface area contributed by atoms with Crippen molar-refractivity contribution in [1.82, 2.24) is 15.3 Å². The lowest BCUT2D eigenvalue weighted by atomic mass is 10.1. The number of amides is 1. The van der Waals surface area contributed by atoms with E-state index >= 15 is 0 Å². The molecule has 1 N–H and O–H groups in total. The molecular weight excluding hydrogens is 408 g/mol. The third-order valence-corrected chi connectivity index (χ3v) is 5.41. The van der Waals surface area contributed by atoms with Crippen molar-refractivity contribution in [2.24, 2.45) is 5.92 Å². The van der Waals surface area contributed by atoms with Crippen LogP contribution < -0.4 is 10.2 Å². The molecule has 1 aromatic heterocycles. The largest absolute Gasteiger partial charge is 0.355 e. The summed E-state index contributed by atoms with van der Waals surface area (Å²) in [6, 6.07) is 15.7. The zero-order valence-electron chi connectivity index (χ0n) is 18.7. The lowest BCUT2D eigenvalue weighted by Crippen LogP contribution is -2.34. The SMILES string of the molecule is CCc1nc(N(CCC(=O)N[C@@H](C)c2ccccc2)CC(C)C)c2ccc(Cl)cc2n1. The van der Waals surface area contributed by atoms with E-state index in [4.69, 9.17) is 16.6 Å². The number of benzene rings is 2. The Morgan fingerprint density at radius 3 is 2.52 bits per heavy atom. The van der Waals surface area contributed by atoms with Crippen molar-refractivity contribution in [2.75, 3.05) is 18.0 Å². The molecule has 0 fully saturated rings.